The summed E-state index contributed by atoms with van der Waals surface area (Å²) in [7, 11) is -3.81. The van der Waals surface area contributed by atoms with Crippen molar-refractivity contribution < 1.29 is 13.0 Å². The van der Waals surface area contributed by atoms with Crippen LogP contribution in [0.3, 0.4) is 0 Å². The highest BCUT2D eigenvalue weighted by molar-refractivity contribution is 7.85. The minimum atomic E-state index is -3.81. The highest BCUT2D eigenvalue weighted by atomic mass is 32.2. The number of nitrogens with one attached hydrogen (secondary N) is 1. The van der Waals surface area contributed by atoms with E-state index in [1.807, 2.05) is 0 Å². The molecule has 2 N–H and O–H groups in total. The number of hydrogen-bond acceptors (Lipinski definition) is 3. The Labute approximate surface area is 157 Å². The van der Waals surface area contributed by atoms with Gasteiger partial charge in [-0.3, -0.25) is 4.55 Å². The summed E-state index contributed by atoms with van der Waals surface area (Å²) in [5.74, 6) is -0.127. The SMILES string of the molecule is CCCCCCCCCCCC(CC)(CC)NCCCCS(=O)(=O)O. The highest BCUT2D eigenvalue weighted by Crippen LogP contribution is 2.23. The molecule has 0 spiro atoms. The van der Waals surface area contributed by atoms with Crippen LogP contribution in [0, 0.1) is 0 Å². The second kappa shape index (κ2) is 15.0. The Morgan fingerprint density at radius 1 is 0.760 bits per heavy atom. The lowest BCUT2D eigenvalue weighted by Crippen LogP contribution is -2.44. The van der Waals surface area contributed by atoms with E-state index in [0.29, 0.717) is 6.42 Å². The molecule has 0 aliphatic rings. The smallest absolute Gasteiger partial charge is 0.264 e. The van der Waals surface area contributed by atoms with Crippen molar-refractivity contribution in [3.05, 3.63) is 0 Å². The Hall–Kier alpha value is -0.130. The van der Waals surface area contributed by atoms with Crippen LogP contribution < -0.4 is 5.32 Å². The molecule has 0 saturated heterocycles. The number of unbranched alkanes of at least 4 members (excludes halogenated alkanes) is 9. The van der Waals surface area contributed by atoms with Crippen LogP contribution >= 0.6 is 0 Å². The van der Waals surface area contributed by atoms with Crippen LogP contribution in [-0.4, -0.2) is 30.8 Å². The second-order valence-electron chi connectivity index (χ2n) is 7.49. The van der Waals surface area contributed by atoms with Crippen molar-refractivity contribution in [2.75, 3.05) is 12.3 Å². The summed E-state index contributed by atoms with van der Waals surface area (Å²) in [5, 5.41) is 3.67. The van der Waals surface area contributed by atoms with Crippen molar-refractivity contribution in [2.24, 2.45) is 0 Å². The standard InChI is InChI=1S/C20H43NO3S/c1-4-7-8-9-10-11-12-13-14-17-20(5-2,6-3)21-18-15-16-19-25(22,23)24/h21H,4-19H2,1-3H3,(H,22,23,24). The van der Waals surface area contributed by atoms with Crippen molar-refractivity contribution in [3.8, 4) is 0 Å². The third-order valence-corrected chi connectivity index (χ3v) is 6.25. The van der Waals surface area contributed by atoms with Crippen LogP contribution in [0.1, 0.15) is 111 Å². The average molecular weight is 378 g/mol. The third-order valence-electron chi connectivity index (χ3n) is 5.44. The predicted molar refractivity (Wildman–Crippen MR) is 109 cm³/mol. The Balaban J connectivity index is 3.83. The van der Waals surface area contributed by atoms with Gasteiger partial charge in [-0.25, -0.2) is 0 Å². The van der Waals surface area contributed by atoms with E-state index in [-0.39, 0.29) is 11.3 Å². The molecule has 0 saturated carbocycles. The molecular formula is C20H43NO3S. The summed E-state index contributed by atoms with van der Waals surface area (Å²) in [5.41, 5.74) is 0.194. The van der Waals surface area contributed by atoms with Crippen LogP contribution in [-0.2, 0) is 10.1 Å². The Kier molecular flexibility index (Phi) is 14.9. The third kappa shape index (κ3) is 14.7. The largest absolute Gasteiger partial charge is 0.311 e. The Morgan fingerprint density at radius 3 is 1.76 bits per heavy atom. The first-order valence-electron chi connectivity index (χ1n) is 10.6. The molecule has 0 radical (unpaired) electrons. The molecule has 0 rings (SSSR count). The zero-order valence-corrected chi connectivity index (χ0v) is 17.8. The minimum Gasteiger partial charge on any atom is -0.311 e. The highest BCUT2D eigenvalue weighted by Gasteiger charge is 2.24. The van der Waals surface area contributed by atoms with Crippen molar-refractivity contribution in [1.29, 1.82) is 0 Å². The zero-order valence-electron chi connectivity index (χ0n) is 17.0. The van der Waals surface area contributed by atoms with Crippen LogP contribution in [0.25, 0.3) is 0 Å². The van der Waals surface area contributed by atoms with E-state index in [4.69, 9.17) is 4.55 Å². The van der Waals surface area contributed by atoms with Gasteiger partial charge in [-0.2, -0.15) is 8.42 Å². The van der Waals surface area contributed by atoms with E-state index in [2.05, 4.69) is 26.1 Å². The molecule has 0 aliphatic carbocycles. The molecular weight excluding hydrogens is 334 g/mol. The second-order valence-corrected chi connectivity index (χ2v) is 9.06. The number of rotatable bonds is 18. The summed E-state index contributed by atoms with van der Waals surface area (Å²) in [6.45, 7) is 7.57. The molecule has 25 heavy (non-hydrogen) atoms. The summed E-state index contributed by atoms with van der Waals surface area (Å²) in [6.07, 6.45) is 16.9. The summed E-state index contributed by atoms with van der Waals surface area (Å²) < 4.78 is 30.2. The summed E-state index contributed by atoms with van der Waals surface area (Å²) in [4.78, 5) is 0. The van der Waals surface area contributed by atoms with E-state index < -0.39 is 10.1 Å². The Bertz CT molecular complexity index is 392. The van der Waals surface area contributed by atoms with Crippen LogP contribution in [0.4, 0.5) is 0 Å². The average Bonchev–Trinajstić information content (AvgIpc) is 2.57. The van der Waals surface area contributed by atoms with Crippen molar-refractivity contribution >= 4 is 10.1 Å². The molecule has 0 aromatic rings. The first-order chi connectivity index (χ1) is 11.9. The molecule has 0 aromatic carbocycles. The minimum absolute atomic E-state index is 0.127. The zero-order chi connectivity index (χ0) is 19.0. The molecule has 0 unspecified atom stereocenters. The van der Waals surface area contributed by atoms with Gasteiger partial charge in [0.15, 0.2) is 0 Å². The van der Waals surface area contributed by atoms with E-state index in [1.54, 1.807) is 0 Å². The molecule has 0 heterocycles. The van der Waals surface area contributed by atoms with Gasteiger partial charge in [0.2, 0.25) is 0 Å². The van der Waals surface area contributed by atoms with E-state index in [0.717, 1.165) is 25.8 Å². The summed E-state index contributed by atoms with van der Waals surface area (Å²) in [6, 6.07) is 0. The Morgan fingerprint density at radius 2 is 1.28 bits per heavy atom. The maximum Gasteiger partial charge on any atom is 0.264 e. The van der Waals surface area contributed by atoms with Gasteiger partial charge in [-0.1, -0.05) is 78.6 Å². The fraction of sp³-hybridized carbons (Fsp3) is 1.00. The molecule has 0 aliphatic heterocycles. The van der Waals surface area contributed by atoms with Crippen LogP contribution in [0.2, 0.25) is 0 Å². The van der Waals surface area contributed by atoms with Gasteiger partial charge < -0.3 is 5.32 Å². The number of hydrogen-bond donors (Lipinski definition) is 2. The lowest BCUT2D eigenvalue weighted by Gasteiger charge is -2.33. The molecule has 0 amide bonds. The van der Waals surface area contributed by atoms with Gasteiger partial charge in [-0.05, 0) is 38.6 Å². The molecule has 0 fully saturated rings. The summed E-state index contributed by atoms with van der Waals surface area (Å²) >= 11 is 0. The van der Waals surface area contributed by atoms with Gasteiger partial charge in [0.1, 0.15) is 0 Å². The van der Waals surface area contributed by atoms with Crippen LogP contribution in [0.5, 0.6) is 0 Å². The van der Waals surface area contributed by atoms with E-state index in [1.165, 1.54) is 64.2 Å². The molecule has 0 aromatic heterocycles. The van der Waals surface area contributed by atoms with Crippen molar-refractivity contribution in [3.63, 3.8) is 0 Å². The van der Waals surface area contributed by atoms with Gasteiger partial charge in [0.05, 0.1) is 5.75 Å². The molecule has 0 bridgehead atoms. The van der Waals surface area contributed by atoms with Gasteiger partial charge in [0, 0.05) is 5.54 Å². The normalized spacial score (nSPS) is 12.6. The maximum atomic E-state index is 10.7. The monoisotopic (exact) mass is 377 g/mol. The van der Waals surface area contributed by atoms with Crippen LogP contribution in [0.15, 0.2) is 0 Å². The fourth-order valence-corrected chi connectivity index (χ4v) is 4.05. The molecule has 4 nitrogen and oxygen atoms in total. The fourth-order valence-electron chi connectivity index (χ4n) is 3.48. The first-order valence-corrected chi connectivity index (χ1v) is 12.2. The van der Waals surface area contributed by atoms with Crippen molar-refractivity contribution in [2.45, 2.75) is 116 Å². The molecule has 5 heteroatoms. The molecule has 0 atom stereocenters. The van der Waals surface area contributed by atoms with E-state index >= 15 is 0 Å². The lowest BCUT2D eigenvalue weighted by molar-refractivity contribution is 0.269. The topological polar surface area (TPSA) is 66.4 Å². The van der Waals surface area contributed by atoms with Crippen molar-refractivity contribution in [1.82, 2.24) is 5.32 Å². The lowest BCUT2D eigenvalue weighted by atomic mass is 9.86. The van der Waals surface area contributed by atoms with Gasteiger partial charge in [0.25, 0.3) is 10.1 Å². The predicted octanol–water partition coefficient (Wildman–Crippen LogP) is 5.72. The first kappa shape index (κ1) is 24.9. The van der Waals surface area contributed by atoms with E-state index in [9.17, 15) is 8.42 Å². The molecule has 152 valence electrons. The maximum absolute atomic E-state index is 10.7. The quantitative estimate of drug-likeness (QED) is 0.237. The van der Waals surface area contributed by atoms with Gasteiger partial charge >= 0.3 is 0 Å². The van der Waals surface area contributed by atoms with Gasteiger partial charge in [-0.15, -0.1) is 0 Å².